The third-order valence-electron chi connectivity index (χ3n) is 5.15. The Morgan fingerprint density at radius 2 is 1.71 bits per heavy atom. The van der Waals surface area contributed by atoms with Crippen LogP contribution in [-0.2, 0) is 15.6 Å². The van der Waals surface area contributed by atoms with Crippen LogP contribution in [0.1, 0.15) is 57.4 Å². The van der Waals surface area contributed by atoms with E-state index in [4.69, 9.17) is 9.52 Å². The van der Waals surface area contributed by atoms with E-state index in [0.29, 0.717) is 5.76 Å². The Labute approximate surface area is 143 Å². The number of carboxylic acid groups (broad SMARTS) is 1. The molecule has 126 valence electrons. The van der Waals surface area contributed by atoms with Crippen molar-refractivity contribution in [2.24, 2.45) is 0 Å². The van der Waals surface area contributed by atoms with Crippen LogP contribution in [0.15, 0.2) is 40.8 Å². The Morgan fingerprint density at radius 1 is 1.04 bits per heavy atom. The summed E-state index contributed by atoms with van der Waals surface area (Å²) in [4.78, 5) is 10.6. The van der Waals surface area contributed by atoms with Crippen LogP contribution in [0, 0.1) is 0 Å². The minimum atomic E-state index is -0.981. The predicted octanol–water partition coefficient (Wildman–Crippen LogP) is 5.39. The molecule has 1 N–H and O–H groups in total. The maximum Gasteiger partial charge on any atom is 0.328 e. The summed E-state index contributed by atoms with van der Waals surface area (Å²) < 4.78 is 5.78. The van der Waals surface area contributed by atoms with Crippen LogP contribution in [-0.4, -0.2) is 11.1 Å². The summed E-state index contributed by atoms with van der Waals surface area (Å²) >= 11 is 0. The van der Waals surface area contributed by atoms with Crippen molar-refractivity contribution in [1.82, 2.24) is 0 Å². The lowest BCUT2D eigenvalue weighted by molar-refractivity contribution is -0.131. The van der Waals surface area contributed by atoms with E-state index in [2.05, 4.69) is 45.9 Å². The number of carbonyl (C=O) groups is 1. The molecule has 3 heteroatoms. The van der Waals surface area contributed by atoms with Crippen molar-refractivity contribution in [2.45, 2.75) is 51.4 Å². The van der Waals surface area contributed by atoms with E-state index in [0.717, 1.165) is 17.4 Å². The summed E-state index contributed by atoms with van der Waals surface area (Å²) in [5.41, 5.74) is 4.19. The molecule has 1 aromatic heterocycles. The summed E-state index contributed by atoms with van der Waals surface area (Å²) in [7, 11) is 0. The Kier molecular flexibility index (Phi) is 3.90. The normalized spacial score (nSPS) is 18.5. The molecule has 3 rings (SSSR count). The largest absolute Gasteiger partial charge is 0.478 e. The zero-order valence-electron chi connectivity index (χ0n) is 14.7. The molecule has 1 heterocycles. The molecule has 0 radical (unpaired) electrons. The van der Waals surface area contributed by atoms with E-state index < -0.39 is 5.97 Å². The van der Waals surface area contributed by atoms with Gasteiger partial charge in [-0.05, 0) is 59.1 Å². The predicted molar refractivity (Wildman–Crippen MR) is 96.1 cm³/mol. The Bertz CT molecular complexity index is 806. The van der Waals surface area contributed by atoms with Crippen LogP contribution in [0.2, 0.25) is 0 Å². The summed E-state index contributed by atoms with van der Waals surface area (Å²) in [6.07, 6.45) is 4.91. The lowest BCUT2D eigenvalue weighted by Gasteiger charge is -2.42. The van der Waals surface area contributed by atoms with Gasteiger partial charge in [0.1, 0.15) is 11.5 Å². The molecular weight excluding hydrogens is 300 g/mol. The van der Waals surface area contributed by atoms with Gasteiger partial charge in [0.15, 0.2) is 0 Å². The summed E-state index contributed by atoms with van der Waals surface area (Å²) in [6, 6.07) is 10.2. The van der Waals surface area contributed by atoms with E-state index in [1.54, 1.807) is 6.07 Å². The Hall–Kier alpha value is -2.29. The molecule has 0 fully saturated rings. The second-order valence-electron chi connectivity index (χ2n) is 7.90. The second kappa shape index (κ2) is 5.66. The maximum absolute atomic E-state index is 10.6. The molecule has 1 aliphatic rings. The molecule has 1 aromatic carbocycles. The van der Waals surface area contributed by atoms with Gasteiger partial charge in [0.05, 0.1) is 0 Å². The van der Waals surface area contributed by atoms with Crippen molar-refractivity contribution in [3.63, 3.8) is 0 Å². The molecule has 0 bridgehead atoms. The molecule has 0 unspecified atom stereocenters. The van der Waals surface area contributed by atoms with Gasteiger partial charge in [-0.3, -0.25) is 0 Å². The first-order valence-electron chi connectivity index (χ1n) is 8.35. The van der Waals surface area contributed by atoms with Crippen molar-refractivity contribution in [1.29, 1.82) is 0 Å². The van der Waals surface area contributed by atoms with Crippen molar-refractivity contribution >= 4 is 12.0 Å². The number of aliphatic carboxylic acids is 1. The van der Waals surface area contributed by atoms with Crippen LogP contribution < -0.4 is 0 Å². The molecule has 3 nitrogen and oxygen atoms in total. The molecule has 24 heavy (non-hydrogen) atoms. The molecule has 2 aromatic rings. The third kappa shape index (κ3) is 3.03. The van der Waals surface area contributed by atoms with Crippen molar-refractivity contribution in [2.75, 3.05) is 0 Å². The van der Waals surface area contributed by atoms with Gasteiger partial charge < -0.3 is 9.52 Å². The fourth-order valence-corrected chi connectivity index (χ4v) is 3.49. The van der Waals surface area contributed by atoms with E-state index >= 15 is 0 Å². The summed E-state index contributed by atoms with van der Waals surface area (Å²) in [5, 5.41) is 8.71. The van der Waals surface area contributed by atoms with Gasteiger partial charge >= 0.3 is 5.97 Å². The van der Waals surface area contributed by atoms with Gasteiger partial charge in [-0.15, -0.1) is 0 Å². The van der Waals surface area contributed by atoms with Crippen molar-refractivity contribution < 1.29 is 14.3 Å². The third-order valence-corrected chi connectivity index (χ3v) is 5.15. The number of benzene rings is 1. The Morgan fingerprint density at radius 3 is 2.38 bits per heavy atom. The zero-order valence-corrected chi connectivity index (χ0v) is 14.7. The van der Waals surface area contributed by atoms with Crippen LogP contribution in [0.25, 0.3) is 17.4 Å². The van der Waals surface area contributed by atoms with E-state index in [9.17, 15) is 4.79 Å². The van der Waals surface area contributed by atoms with Crippen LogP contribution in [0.4, 0.5) is 0 Å². The smallest absolute Gasteiger partial charge is 0.328 e. The van der Waals surface area contributed by atoms with Gasteiger partial charge in [0, 0.05) is 11.6 Å². The first-order valence-corrected chi connectivity index (χ1v) is 8.35. The maximum atomic E-state index is 10.6. The second-order valence-corrected chi connectivity index (χ2v) is 7.90. The number of carboxylic acids is 1. The fourth-order valence-electron chi connectivity index (χ4n) is 3.49. The number of furan rings is 1. The minimum Gasteiger partial charge on any atom is -0.478 e. The molecule has 1 aliphatic carbocycles. The van der Waals surface area contributed by atoms with E-state index in [-0.39, 0.29) is 10.8 Å². The standard InChI is InChI=1S/C21H24O3/c1-20(2)11-12-21(3,4)17-13-14(5-8-16(17)20)18-9-6-15(24-18)7-10-19(22)23/h5-10,13H,11-12H2,1-4H3,(H,22,23)/b10-7+. The SMILES string of the molecule is CC1(C)CCC(C)(C)c2cc(-c3ccc(/C=C/C(=O)O)o3)ccc21. The molecule has 0 atom stereocenters. The lowest BCUT2D eigenvalue weighted by atomic mass is 9.63. The number of hydrogen-bond donors (Lipinski definition) is 1. The highest BCUT2D eigenvalue weighted by Gasteiger charge is 2.37. The first-order chi connectivity index (χ1) is 11.2. The Balaban J connectivity index is 2.01. The molecule has 0 amide bonds. The molecule has 0 saturated heterocycles. The van der Waals surface area contributed by atoms with Gasteiger partial charge in [-0.2, -0.15) is 0 Å². The van der Waals surface area contributed by atoms with Crippen molar-refractivity contribution in [3.05, 3.63) is 53.3 Å². The molecule has 0 spiro atoms. The molecule has 0 aliphatic heterocycles. The first kappa shape index (κ1) is 16.6. The quantitative estimate of drug-likeness (QED) is 0.770. The van der Waals surface area contributed by atoms with Crippen LogP contribution >= 0.6 is 0 Å². The van der Waals surface area contributed by atoms with Gasteiger partial charge in [0.25, 0.3) is 0 Å². The van der Waals surface area contributed by atoms with E-state index in [1.165, 1.54) is 30.0 Å². The van der Waals surface area contributed by atoms with Crippen molar-refractivity contribution in [3.8, 4) is 11.3 Å². The highest BCUT2D eigenvalue weighted by atomic mass is 16.4. The zero-order chi connectivity index (χ0) is 17.5. The monoisotopic (exact) mass is 324 g/mol. The van der Waals surface area contributed by atoms with Crippen LogP contribution in [0.5, 0.6) is 0 Å². The minimum absolute atomic E-state index is 0.152. The van der Waals surface area contributed by atoms with Gasteiger partial charge in [0.2, 0.25) is 0 Å². The topological polar surface area (TPSA) is 50.4 Å². The summed E-state index contributed by atoms with van der Waals surface area (Å²) in [6.45, 7) is 9.22. The average Bonchev–Trinajstić information content (AvgIpc) is 2.99. The van der Waals surface area contributed by atoms with Gasteiger partial charge in [-0.1, -0.05) is 39.8 Å². The lowest BCUT2D eigenvalue weighted by Crippen LogP contribution is -2.33. The molecule has 0 saturated carbocycles. The summed E-state index contributed by atoms with van der Waals surface area (Å²) in [5.74, 6) is 0.331. The average molecular weight is 324 g/mol. The van der Waals surface area contributed by atoms with Gasteiger partial charge in [-0.25, -0.2) is 4.79 Å². The number of rotatable bonds is 3. The fraction of sp³-hybridized carbons (Fsp3) is 0.381. The highest BCUT2D eigenvalue weighted by Crippen LogP contribution is 2.46. The number of fused-ring (bicyclic) bond motifs is 1. The van der Waals surface area contributed by atoms with E-state index in [1.807, 2.05) is 6.07 Å². The molecular formula is C21H24O3. The van der Waals surface area contributed by atoms with Crippen LogP contribution in [0.3, 0.4) is 0 Å². The highest BCUT2D eigenvalue weighted by molar-refractivity contribution is 5.84. The number of hydrogen-bond acceptors (Lipinski definition) is 2.